The Morgan fingerprint density at radius 2 is 1.43 bits per heavy atom. The van der Waals surface area contributed by atoms with Gasteiger partial charge in [-0.05, 0) is 37.1 Å². The Labute approximate surface area is 139 Å². The number of benzene rings is 1. The van der Waals surface area contributed by atoms with Crippen molar-refractivity contribution < 1.29 is 19.4 Å². The Morgan fingerprint density at radius 1 is 0.913 bits per heavy atom. The molecule has 0 aliphatic carbocycles. The van der Waals surface area contributed by atoms with Gasteiger partial charge in [-0.3, -0.25) is 0 Å². The number of carboxylic acid groups (broad SMARTS) is 1. The summed E-state index contributed by atoms with van der Waals surface area (Å²) < 4.78 is 10.7. The highest BCUT2D eigenvalue weighted by atomic mass is 16.5. The number of carbonyl (C=O) groups is 1. The first-order valence-corrected chi connectivity index (χ1v) is 8.42. The van der Waals surface area contributed by atoms with Gasteiger partial charge in [0.25, 0.3) is 0 Å². The minimum absolute atomic E-state index is 0.286. The number of hydrogen-bond acceptors (Lipinski definition) is 3. The van der Waals surface area contributed by atoms with Gasteiger partial charge in [-0.15, -0.1) is 0 Å². The van der Waals surface area contributed by atoms with Crippen LogP contribution in [0, 0.1) is 0 Å². The van der Waals surface area contributed by atoms with E-state index in [1.54, 1.807) is 24.3 Å². The van der Waals surface area contributed by atoms with Gasteiger partial charge in [0.2, 0.25) is 0 Å². The van der Waals surface area contributed by atoms with E-state index < -0.39 is 5.97 Å². The molecule has 0 saturated heterocycles. The van der Waals surface area contributed by atoms with E-state index >= 15 is 0 Å². The van der Waals surface area contributed by atoms with Crippen LogP contribution in [0.2, 0.25) is 0 Å². The molecule has 0 fully saturated rings. The van der Waals surface area contributed by atoms with E-state index in [-0.39, 0.29) is 5.56 Å². The van der Waals surface area contributed by atoms with Gasteiger partial charge in [-0.25, -0.2) is 4.79 Å². The van der Waals surface area contributed by atoms with Gasteiger partial charge in [0.1, 0.15) is 5.75 Å². The van der Waals surface area contributed by atoms with E-state index in [9.17, 15) is 4.79 Å². The molecule has 0 radical (unpaired) electrons. The van der Waals surface area contributed by atoms with Gasteiger partial charge < -0.3 is 14.6 Å². The monoisotopic (exact) mass is 320 g/mol. The van der Waals surface area contributed by atoms with Crippen LogP contribution in [-0.2, 0) is 4.74 Å². The highest BCUT2D eigenvalue weighted by Gasteiger charge is 2.01. The van der Waals surface area contributed by atoms with E-state index in [0.717, 1.165) is 25.2 Å². The third kappa shape index (κ3) is 9.61. The molecule has 0 atom stereocenters. The highest BCUT2D eigenvalue weighted by molar-refractivity contribution is 5.87. The van der Waals surface area contributed by atoms with Crippen LogP contribution in [-0.4, -0.2) is 24.3 Å². The second-order valence-electron chi connectivity index (χ2n) is 5.54. The van der Waals surface area contributed by atoms with E-state index in [1.807, 2.05) is 0 Å². The zero-order valence-corrected chi connectivity index (χ0v) is 13.8. The molecular weight excluding hydrogens is 292 g/mol. The number of ether oxygens (including phenoxy) is 2. The Morgan fingerprint density at radius 3 is 1.96 bits per heavy atom. The second kappa shape index (κ2) is 12.6. The number of aromatic carboxylic acids is 1. The summed E-state index contributed by atoms with van der Waals surface area (Å²) in [5.74, 6) is -0.179. The number of carboxylic acids is 1. The average Bonchev–Trinajstić information content (AvgIpc) is 2.56. The normalized spacial score (nSPS) is 10.3. The lowest BCUT2D eigenvalue weighted by molar-refractivity contribution is 0.0697. The van der Waals surface area contributed by atoms with Crippen molar-refractivity contribution in [2.24, 2.45) is 0 Å². The molecule has 0 aromatic heterocycles. The fraction of sp³-hybridized carbons (Fsp3) is 0.526. The highest BCUT2D eigenvalue weighted by Crippen LogP contribution is 2.13. The first-order chi connectivity index (χ1) is 11.2. The van der Waals surface area contributed by atoms with Crippen LogP contribution in [0.1, 0.15) is 61.7 Å². The second-order valence-corrected chi connectivity index (χ2v) is 5.54. The Hall–Kier alpha value is -1.97. The van der Waals surface area contributed by atoms with Gasteiger partial charge in [-0.2, -0.15) is 0 Å². The predicted octanol–water partition coefficient (Wildman–Crippen LogP) is 5.04. The molecule has 0 unspecified atom stereocenters. The summed E-state index contributed by atoms with van der Waals surface area (Å²) in [4.78, 5) is 10.7. The largest absolute Gasteiger partial charge is 0.502 e. The van der Waals surface area contributed by atoms with Crippen molar-refractivity contribution in [3.05, 3.63) is 42.7 Å². The smallest absolute Gasteiger partial charge is 0.335 e. The van der Waals surface area contributed by atoms with E-state index in [0.29, 0.717) is 6.61 Å². The molecule has 0 aliphatic rings. The van der Waals surface area contributed by atoms with Gasteiger partial charge in [0.05, 0.1) is 25.0 Å². The van der Waals surface area contributed by atoms with Crippen molar-refractivity contribution in [2.75, 3.05) is 13.2 Å². The van der Waals surface area contributed by atoms with Gasteiger partial charge >= 0.3 is 5.97 Å². The van der Waals surface area contributed by atoms with Crippen LogP contribution in [0.4, 0.5) is 0 Å². The summed E-state index contributed by atoms with van der Waals surface area (Å²) in [6.45, 7) is 4.99. The number of unbranched alkanes of at least 4 members (excludes halogenated alkanes) is 7. The van der Waals surface area contributed by atoms with E-state index in [4.69, 9.17) is 14.6 Å². The summed E-state index contributed by atoms with van der Waals surface area (Å²) in [5.41, 5.74) is 0.286. The minimum atomic E-state index is -0.912. The third-order valence-electron chi connectivity index (χ3n) is 3.64. The Kier molecular flexibility index (Phi) is 10.4. The van der Waals surface area contributed by atoms with Gasteiger partial charge in [0.15, 0.2) is 0 Å². The molecule has 128 valence electrons. The lowest BCUT2D eigenvalue weighted by Gasteiger charge is -2.06. The topological polar surface area (TPSA) is 55.8 Å². The number of rotatable bonds is 14. The molecule has 0 amide bonds. The van der Waals surface area contributed by atoms with Crippen molar-refractivity contribution in [2.45, 2.75) is 51.4 Å². The molecule has 0 heterocycles. The zero-order valence-electron chi connectivity index (χ0n) is 13.8. The average molecular weight is 320 g/mol. The van der Waals surface area contributed by atoms with Crippen LogP contribution in [0.3, 0.4) is 0 Å². The quantitative estimate of drug-likeness (QED) is 0.385. The molecule has 0 saturated carbocycles. The molecule has 0 bridgehead atoms. The first kappa shape index (κ1) is 19.1. The third-order valence-corrected chi connectivity index (χ3v) is 3.64. The molecule has 0 spiro atoms. The van der Waals surface area contributed by atoms with Crippen molar-refractivity contribution in [1.82, 2.24) is 0 Å². The maximum Gasteiger partial charge on any atom is 0.335 e. The van der Waals surface area contributed by atoms with E-state index in [2.05, 4.69) is 6.58 Å². The van der Waals surface area contributed by atoms with Crippen LogP contribution in [0.15, 0.2) is 37.1 Å². The molecule has 1 rings (SSSR count). The molecule has 1 aromatic rings. The predicted molar refractivity (Wildman–Crippen MR) is 92.0 cm³/mol. The van der Waals surface area contributed by atoms with Crippen molar-refractivity contribution in [1.29, 1.82) is 0 Å². The first-order valence-electron chi connectivity index (χ1n) is 8.42. The number of hydrogen-bond donors (Lipinski definition) is 1. The Balaban J connectivity index is 1.91. The molecule has 1 aromatic carbocycles. The lowest BCUT2D eigenvalue weighted by Crippen LogP contribution is -1.99. The van der Waals surface area contributed by atoms with Crippen LogP contribution < -0.4 is 4.74 Å². The summed E-state index contributed by atoms with van der Waals surface area (Å²) in [7, 11) is 0. The summed E-state index contributed by atoms with van der Waals surface area (Å²) in [6, 6.07) is 6.55. The maximum absolute atomic E-state index is 10.7. The van der Waals surface area contributed by atoms with Crippen molar-refractivity contribution in [3.63, 3.8) is 0 Å². The lowest BCUT2D eigenvalue weighted by atomic mass is 10.1. The molecule has 1 N–H and O–H groups in total. The van der Waals surface area contributed by atoms with Crippen molar-refractivity contribution >= 4 is 5.97 Å². The maximum atomic E-state index is 10.7. The van der Waals surface area contributed by atoms with Crippen molar-refractivity contribution in [3.8, 4) is 5.75 Å². The van der Waals surface area contributed by atoms with Crippen LogP contribution >= 0.6 is 0 Å². The molecule has 23 heavy (non-hydrogen) atoms. The van der Waals surface area contributed by atoms with Gasteiger partial charge in [-0.1, -0.05) is 45.1 Å². The standard InChI is InChI=1S/C19H28O4/c1-2-22-15-9-7-5-3-4-6-8-10-16-23-18-13-11-17(12-14-18)19(20)21/h2,11-14H,1,3-10,15-16H2,(H,20,21). The van der Waals surface area contributed by atoms with Gasteiger partial charge in [0, 0.05) is 0 Å². The van der Waals surface area contributed by atoms with Crippen LogP contribution in [0.5, 0.6) is 5.75 Å². The molecule has 4 heteroatoms. The molecular formula is C19H28O4. The van der Waals surface area contributed by atoms with Crippen LogP contribution in [0.25, 0.3) is 0 Å². The fourth-order valence-corrected chi connectivity index (χ4v) is 2.32. The summed E-state index contributed by atoms with van der Waals surface area (Å²) >= 11 is 0. The molecule has 4 nitrogen and oxygen atoms in total. The fourth-order valence-electron chi connectivity index (χ4n) is 2.32. The molecule has 0 aliphatic heterocycles. The minimum Gasteiger partial charge on any atom is -0.502 e. The Bertz CT molecular complexity index is 439. The zero-order chi connectivity index (χ0) is 16.8. The summed E-state index contributed by atoms with van der Waals surface area (Å²) in [6.07, 6.45) is 11.1. The summed E-state index contributed by atoms with van der Waals surface area (Å²) in [5, 5.41) is 8.81. The SMILES string of the molecule is C=COCCCCCCCCCCOc1ccc(C(=O)O)cc1. The van der Waals surface area contributed by atoms with E-state index in [1.165, 1.54) is 44.8 Å².